The first-order chi connectivity index (χ1) is 11.3. The largest absolute Gasteiger partial charge is 0.522 e. The second-order valence-electron chi connectivity index (χ2n) is 6.65. The van der Waals surface area contributed by atoms with Gasteiger partial charge in [0, 0.05) is 5.92 Å². The molecule has 0 saturated heterocycles. The van der Waals surface area contributed by atoms with E-state index in [1.54, 1.807) is 0 Å². The number of carbonyl (C=O) groups is 1. The minimum absolute atomic E-state index is 0.182. The van der Waals surface area contributed by atoms with Gasteiger partial charge in [-0.3, -0.25) is 9.53 Å². The number of aromatic nitrogens is 2. The summed E-state index contributed by atoms with van der Waals surface area (Å²) in [6, 6.07) is 0. The third-order valence-electron chi connectivity index (χ3n) is 5.05. The van der Waals surface area contributed by atoms with Crippen LogP contribution in [0.5, 0.6) is 0 Å². The maximum atomic E-state index is 12.1. The van der Waals surface area contributed by atoms with Crippen molar-refractivity contribution in [1.29, 1.82) is 0 Å². The maximum absolute atomic E-state index is 12.1. The summed E-state index contributed by atoms with van der Waals surface area (Å²) in [5, 5.41) is 13.2. The van der Waals surface area contributed by atoms with Gasteiger partial charge in [0.2, 0.25) is 17.7 Å². The standard InChI is InChI=1S/C13H13F3N4O4/c14-13(15,16)24-7-1-6(2-7)9-19-20-10(23-9)11-4-12(11,5-11)18-8(21)3-17-22/h6-7H,1-5H2,(H,18,21). The van der Waals surface area contributed by atoms with E-state index in [1.165, 1.54) is 0 Å². The molecule has 24 heavy (non-hydrogen) atoms. The molecule has 0 aliphatic heterocycles. The summed E-state index contributed by atoms with van der Waals surface area (Å²) in [7, 11) is 0. The van der Waals surface area contributed by atoms with Gasteiger partial charge in [-0.2, -0.15) is 4.91 Å². The molecular formula is C13H13F3N4O4. The van der Waals surface area contributed by atoms with Gasteiger partial charge in [-0.1, -0.05) is 5.18 Å². The summed E-state index contributed by atoms with van der Waals surface area (Å²) in [6.45, 7) is -0.435. The molecule has 3 fully saturated rings. The van der Waals surface area contributed by atoms with Crippen LogP contribution in [-0.4, -0.2) is 40.7 Å². The van der Waals surface area contributed by atoms with E-state index >= 15 is 0 Å². The van der Waals surface area contributed by atoms with Gasteiger partial charge in [0.1, 0.15) is 0 Å². The zero-order valence-corrected chi connectivity index (χ0v) is 12.3. The molecule has 4 rings (SSSR count). The highest BCUT2D eigenvalue weighted by molar-refractivity contribution is 5.81. The van der Waals surface area contributed by atoms with Crippen LogP contribution in [0.25, 0.3) is 0 Å². The zero-order valence-electron chi connectivity index (χ0n) is 12.3. The number of nitrogens with one attached hydrogen (secondary N) is 1. The van der Waals surface area contributed by atoms with E-state index in [1.807, 2.05) is 0 Å². The Morgan fingerprint density at radius 3 is 2.71 bits per heavy atom. The van der Waals surface area contributed by atoms with Crippen molar-refractivity contribution in [2.75, 3.05) is 6.54 Å². The lowest BCUT2D eigenvalue weighted by molar-refractivity contribution is -0.352. The monoisotopic (exact) mass is 346 g/mol. The molecule has 0 spiro atoms. The summed E-state index contributed by atoms with van der Waals surface area (Å²) in [6.07, 6.45) is -3.85. The van der Waals surface area contributed by atoms with Crippen LogP contribution in [-0.2, 0) is 14.9 Å². The zero-order chi connectivity index (χ0) is 17.2. The van der Waals surface area contributed by atoms with E-state index in [2.05, 4.69) is 25.4 Å². The molecule has 0 atom stereocenters. The molecule has 3 aliphatic rings. The molecule has 0 unspecified atom stereocenters. The van der Waals surface area contributed by atoms with Crippen molar-refractivity contribution < 1.29 is 27.1 Å². The fourth-order valence-corrected chi connectivity index (χ4v) is 3.46. The highest BCUT2D eigenvalue weighted by atomic mass is 19.4. The van der Waals surface area contributed by atoms with Crippen LogP contribution < -0.4 is 5.32 Å². The maximum Gasteiger partial charge on any atom is 0.522 e. The molecule has 0 aromatic carbocycles. The minimum Gasteiger partial charge on any atom is -0.424 e. The summed E-state index contributed by atoms with van der Waals surface area (Å²) >= 11 is 0. The highest BCUT2D eigenvalue weighted by Gasteiger charge is 2.87. The van der Waals surface area contributed by atoms with Crippen LogP contribution in [0.4, 0.5) is 13.2 Å². The molecule has 130 valence electrons. The number of hydrogen-bond donors (Lipinski definition) is 1. The number of carbonyl (C=O) groups excluding carboxylic acids is 1. The number of alkyl halides is 3. The molecule has 11 heteroatoms. The average molecular weight is 346 g/mol. The molecule has 3 saturated carbocycles. The molecular weight excluding hydrogens is 333 g/mol. The van der Waals surface area contributed by atoms with Gasteiger partial charge >= 0.3 is 6.36 Å². The minimum atomic E-state index is -4.63. The van der Waals surface area contributed by atoms with Gasteiger partial charge in [0.05, 0.1) is 17.1 Å². The SMILES string of the molecule is O=NCC(=O)NC12CC1(c1nnc(C3CC(OC(F)(F)F)C3)o1)C2. The van der Waals surface area contributed by atoms with Crippen molar-refractivity contribution in [2.45, 2.75) is 55.0 Å². The molecule has 1 heterocycles. The Kier molecular flexibility index (Phi) is 3.06. The molecule has 1 aromatic rings. The number of nitroso groups, excluding NO2 is 1. The normalized spacial score (nSPS) is 36.5. The van der Waals surface area contributed by atoms with Gasteiger partial charge in [-0.15, -0.1) is 23.4 Å². The molecule has 0 bridgehead atoms. The van der Waals surface area contributed by atoms with Gasteiger partial charge in [0.25, 0.3) is 0 Å². The molecule has 1 N–H and O–H groups in total. The third-order valence-corrected chi connectivity index (χ3v) is 5.05. The Labute approximate surface area is 133 Å². The second-order valence-corrected chi connectivity index (χ2v) is 6.65. The van der Waals surface area contributed by atoms with E-state index in [4.69, 9.17) is 4.42 Å². The Balaban J connectivity index is 1.33. The van der Waals surface area contributed by atoms with E-state index in [9.17, 15) is 22.9 Å². The average Bonchev–Trinajstić information content (AvgIpc) is 3.10. The number of rotatable bonds is 6. The van der Waals surface area contributed by atoms with E-state index < -0.39 is 30.5 Å². The molecule has 8 nitrogen and oxygen atoms in total. The number of hydrogen-bond acceptors (Lipinski definition) is 7. The first kappa shape index (κ1) is 15.5. The lowest BCUT2D eigenvalue weighted by atomic mass is 9.82. The Morgan fingerprint density at radius 1 is 1.38 bits per heavy atom. The predicted molar refractivity (Wildman–Crippen MR) is 69.6 cm³/mol. The second kappa shape index (κ2) is 4.74. The number of halogens is 3. The van der Waals surface area contributed by atoms with E-state index in [0.29, 0.717) is 24.6 Å². The summed E-state index contributed by atoms with van der Waals surface area (Å²) in [4.78, 5) is 21.5. The predicted octanol–water partition coefficient (Wildman–Crippen LogP) is 1.52. The fraction of sp³-hybridized carbons (Fsp3) is 0.769. The van der Waals surface area contributed by atoms with Crippen LogP contribution in [0, 0.1) is 4.91 Å². The summed E-state index contributed by atoms with van der Waals surface area (Å²) in [5.41, 5.74) is -0.817. The first-order valence-corrected chi connectivity index (χ1v) is 7.45. The Bertz CT molecular complexity index is 692. The quantitative estimate of drug-likeness (QED) is 0.783. The third kappa shape index (κ3) is 2.38. The summed E-state index contributed by atoms with van der Waals surface area (Å²) < 4.78 is 45.8. The van der Waals surface area contributed by atoms with Gasteiger partial charge in [0.15, 0.2) is 6.54 Å². The fourth-order valence-electron chi connectivity index (χ4n) is 3.46. The van der Waals surface area contributed by atoms with Crippen LogP contribution in [0.3, 0.4) is 0 Å². The van der Waals surface area contributed by atoms with E-state index in [0.717, 1.165) is 0 Å². The van der Waals surface area contributed by atoms with Crippen LogP contribution in [0.2, 0.25) is 0 Å². The van der Waals surface area contributed by atoms with Crippen LogP contribution in [0.15, 0.2) is 9.59 Å². The Hall–Kier alpha value is -2.04. The van der Waals surface area contributed by atoms with Crippen LogP contribution in [0.1, 0.15) is 43.4 Å². The van der Waals surface area contributed by atoms with Gasteiger partial charge in [-0.25, -0.2) is 0 Å². The number of nitrogens with zero attached hydrogens (tertiary/aromatic N) is 3. The van der Waals surface area contributed by atoms with Gasteiger partial charge in [-0.05, 0) is 25.7 Å². The van der Waals surface area contributed by atoms with Crippen molar-refractivity contribution in [3.8, 4) is 0 Å². The summed E-state index contributed by atoms with van der Waals surface area (Å²) in [5.74, 6) is -0.00182. The molecule has 1 amide bonds. The van der Waals surface area contributed by atoms with Crippen molar-refractivity contribution in [1.82, 2.24) is 15.5 Å². The van der Waals surface area contributed by atoms with Crippen molar-refractivity contribution >= 4 is 5.91 Å². The van der Waals surface area contributed by atoms with Crippen molar-refractivity contribution in [3.05, 3.63) is 16.7 Å². The number of ether oxygens (including phenoxy) is 1. The van der Waals surface area contributed by atoms with Crippen LogP contribution >= 0.6 is 0 Å². The highest BCUT2D eigenvalue weighted by Crippen LogP contribution is 2.78. The lowest BCUT2D eigenvalue weighted by Crippen LogP contribution is -2.34. The van der Waals surface area contributed by atoms with Gasteiger partial charge < -0.3 is 9.73 Å². The number of fused-ring (bicyclic) bond motifs is 1. The van der Waals surface area contributed by atoms with Crippen molar-refractivity contribution in [2.24, 2.45) is 5.18 Å². The smallest absolute Gasteiger partial charge is 0.424 e. The van der Waals surface area contributed by atoms with E-state index in [-0.39, 0.29) is 24.2 Å². The Morgan fingerprint density at radius 2 is 2.08 bits per heavy atom. The lowest BCUT2D eigenvalue weighted by Gasteiger charge is -2.32. The first-order valence-electron chi connectivity index (χ1n) is 7.45. The topological polar surface area (TPSA) is 107 Å². The number of amides is 1. The molecule has 3 aliphatic carbocycles. The van der Waals surface area contributed by atoms with Crippen molar-refractivity contribution in [3.63, 3.8) is 0 Å². The molecule has 0 radical (unpaired) electrons. The molecule has 1 aromatic heterocycles.